The van der Waals surface area contributed by atoms with Gasteiger partial charge in [0, 0.05) is 12.6 Å². The summed E-state index contributed by atoms with van der Waals surface area (Å²) in [6.07, 6.45) is -1.42. The summed E-state index contributed by atoms with van der Waals surface area (Å²) in [5.74, 6) is 0.139. The Morgan fingerprint density at radius 1 is 1.76 bits per heavy atom. The molecule has 0 spiro atoms. The normalized spacial score (nSPS) is 28.5. The van der Waals surface area contributed by atoms with Crippen molar-refractivity contribution in [3.8, 4) is 0 Å². The first kappa shape index (κ1) is 12.7. The average molecular weight is 355 g/mol. The number of nitrogens with zero attached hydrogens (tertiary/aromatic N) is 2. The first-order valence-electron chi connectivity index (χ1n) is 4.97. The predicted molar refractivity (Wildman–Crippen MR) is 66.1 cm³/mol. The van der Waals surface area contributed by atoms with Crippen LogP contribution < -0.4 is 11.4 Å². The summed E-state index contributed by atoms with van der Waals surface area (Å²) in [7, 11) is 0. The van der Waals surface area contributed by atoms with Crippen LogP contribution in [0.4, 0.5) is 10.2 Å². The average Bonchev–Trinajstić information content (AvgIpc) is 2.65. The predicted octanol–water partition coefficient (Wildman–Crippen LogP) is 0.0480. The summed E-state index contributed by atoms with van der Waals surface area (Å²) >= 11 is 1.93. The Labute approximate surface area is 110 Å². The maximum Gasteiger partial charge on any atom is 0.351 e. The van der Waals surface area contributed by atoms with Crippen molar-refractivity contribution in [3.63, 3.8) is 0 Å². The molecular formula is C9H11FIN3O3. The van der Waals surface area contributed by atoms with Gasteiger partial charge in [0.05, 0.1) is 10.2 Å². The largest absolute Gasteiger partial charge is 0.394 e. The van der Waals surface area contributed by atoms with Crippen LogP contribution >= 0.6 is 22.6 Å². The van der Waals surface area contributed by atoms with Crippen LogP contribution in [0.25, 0.3) is 0 Å². The number of nitrogens with two attached hydrogens (primary N) is 1. The molecular weight excluding hydrogens is 344 g/mol. The van der Waals surface area contributed by atoms with Crippen molar-refractivity contribution in [1.82, 2.24) is 9.55 Å². The van der Waals surface area contributed by atoms with Gasteiger partial charge in [0.1, 0.15) is 24.3 Å². The molecule has 1 aromatic heterocycles. The first-order valence-corrected chi connectivity index (χ1v) is 6.05. The number of aliphatic hydroxyl groups excluding tert-OH is 1. The SMILES string of the molecule is Nc1nc(=O)n(C2CC(F)C(CO)O2)cc1I. The molecule has 0 saturated carbocycles. The molecule has 94 valence electrons. The minimum atomic E-state index is -1.29. The monoisotopic (exact) mass is 355 g/mol. The maximum atomic E-state index is 13.4. The minimum absolute atomic E-state index is 0.0206. The van der Waals surface area contributed by atoms with Crippen molar-refractivity contribution in [1.29, 1.82) is 0 Å². The van der Waals surface area contributed by atoms with E-state index in [2.05, 4.69) is 4.98 Å². The van der Waals surface area contributed by atoms with Crippen LogP contribution in [-0.4, -0.2) is 33.5 Å². The van der Waals surface area contributed by atoms with E-state index in [9.17, 15) is 9.18 Å². The Kier molecular flexibility index (Phi) is 3.64. The second-order valence-corrected chi connectivity index (χ2v) is 4.89. The standard InChI is InChI=1S/C9H11FIN3O3/c10-4-1-7(17-6(4)3-15)14-2-5(11)8(12)13-9(14)16/h2,4,6-7,15H,1,3H2,(H2,12,13,16). The number of alkyl halides is 1. The molecule has 2 heterocycles. The lowest BCUT2D eigenvalue weighted by Crippen LogP contribution is -2.28. The van der Waals surface area contributed by atoms with Crippen LogP contribution in [0.3, 0.4) is 0 Å². The third kappa shape index (κ3) is 2.43. The molecule has 3 atom stereocenters. The second-order valence-electron chi connectivity index (χ2n) is 3.73. The van der Waals surface area contributed by atoms with Crippen molar-refractivity contribution < 1.29 is 14.2 Å². The van der Waals surface area contributed by atoms with E-state index in [4.69, 9.17) is 15.6 Å². The van der Waals surface area contributed by atoms with Crippen molar-refractivity contribution in [2.75, 3.05) is 12.3 Å². The highest BCUT2D eigenvalue weighted by atomic mass is 127. The molecule has 1 aliphatic heterocycles. The second kappa shape index (κ2) is 4.86. The maximum absolute atomic E-state index is 13.4. The molecule has 0 amide bonds. The van der Waals surface area contributed by atoms with Crippen molar-refractivity contribution >= 4 is 28.4 Å². The highest BCUT2D eigenvalue weighted by Crippen LogP contribution is 2.30. The molecule has 0 radical (unpaired) electrons. The van der Waals surface area contributed by atoms with Gasteiger partial charge < -0.3 is 15.6 Å². The van der Waals surface area contributed by atoms with Gasteiger partial charge in [0.25, 0.3) is 0 Å². The highest BCUT2D eigenvalue weighted by Gasteiger charge is 2.36. The molecule has 1 aromatic rings. The van der Waals surface area contributed by atoms with Crippen LogP contribution in [0.2, 0.25) is 0 Å². The molecule has 0 aliphatic carbocycles. The molecule has 8 heteroatoms. The topological polar surface area (TPSA) is 90.4 Å². The van der Waals surface area contributed by atoms with Crippen LogP contribution in [0, 0.1) is 3.57 Å². The van der Waals surface area contributed by atoms with E-state index in [0.29, 0.717) is 3.57 Å². The van der Waals surface area contributed by atoms with Gasteiger partial charge in [-0.3, -0.25) is 4.57 Å². The van der Waals surface area contributed by atoms with E-state index in [-0.39, 0.29) is 12.2 Å². The smallest absolute Gasteiger partial charge is 0.351 e. The minimum Gasteiger partial charge on any atom is -0.394 e. The Bertz CT molecular complexity index is 481. The zero-order valence-electron chi connectivity index (χ0n) is 8.72. The fourth-order valence-corrected chi connectivity index (χ4v) is 2.11. The third-order valence-electron chi connectivity index (χ3n) is 2.59. The molecule has 2 rings (SSSR count). The molecule has 0 bridgehead atoms. The van der Waals surface area contributed by atoms with Gasteiger partial charge in [-0.2, -0.15) is 4.98 Å². The summed E-state index contributed by atoms with van der Waals surface area (Å²) in [5, 5.41) is 8.88. The highest BCUT2D eigenvalue weighted by molar-refractivity contribution is 14.1. The summed E-state index contributed by atoms with van der Waals surface area (Å²) in [6.45, 7) is -0.411. The number of aliphatic hydroxyl groups is 1. The summed E-state index contributed by atoms with van der Waals surface area (Å²) in [6, 6.07) is 0. The fourth-order valence-electron chi connectivity index (χ4n) is 1.69. The van der Waals surface area contributed by atoms with Gasteiger partial charge >= 0.3 is 5.69 Å². The molecule has 1 aliphatic rings. The van der Waals surface area contributed by atoms with Gasteiger partial charge in [0.15, 0.2) is 0 Å². The number of ether oxygens (including phenoxy) is 1. The van der Waals surface area contributed by atoms with Crippen molar-refractivity contribution in [3.05, 3.63) is 20.3 Å². The third-order valence-corrected chi connectivity index (χ3v) is 3.42. The zero-order valence-corrected chi connectivity index (χ0v) is 10.9. The van der Waals surface area contributed by atoms with Gasteiger partial charge in [-0.05, 0) is 22.6 Å². The van der Waals surface area contributed by atoms with Gasteiger partial charge in [-0.1, -0.05) is 0 Å². The van der Waals surface area contributed by atoms with Gasteiger partial charge in [0.2, 0.25) is 0 Å². The number of halogens is 2. The van der Waals surface area contributed by atoms with Gasteiger partial charge in [-0.25, -0.2) is 9.18 Å². The van der Waals surface area contributed by atoms with E-state index in [1.165, 1.54) is 10.8 Å². The Morgan fingerprint density at radius 2 is 2.47 bits per heavy atom. The summed E-state index contributed by atoms with van der Waals surface area (Å²) in [5.41, 5.74) is 4.90. The Hall–Kier alpha value is -0.740. The first-order chi connectivity index (χ1) is 8.02. The lowest BCUT2D eigenvalue weighted by molar-refractivity contribution is -0.0356. The molecule has 1 fully saturated rings. The number of nitrogen functional groups attached to an aromatic ring is 1. The molecule has 3 unspecified atom stereocenters. The molecule has 0 aromatic carbocycles. The fraction of sp³-hybridized carbons (Fsp3) is 0.556. The Balaban J connectivity index is 2.30. The van der Waals surface area contributed by atoms with E-state index in [0.717, 1.165) is 0 Å². The van der Waals surface area contributed by atoms with Gasteiger partial charge in [-0.15, -0.1) is 0 Å². The molecule has 17 heavy (non-hydrogen) atoms. The number of aromatic nitrogens is 2. The summed E-state index contributed by atoms with van der Waals surface area (Å²) in [4.78, 5) is 15.2. The van der Waals surface area contributed by atoms with E-state index in [1.54, 1.807) is 0 Å². The summed E-state index contributed by atoms with van der Waals surface area (Å²) < 4.78 is 20.4. The number of hydrogen-bond acceptors (Lipinski definition) is 5. The quantitative estimate of drug-likeness (QED) is 0.732. The lowest BCUT2D eigenvalue weighted by atomic mass is 10.2. The van der Waals surface area contributed by atoms with E-state index in [1.807, 2.05) is 22.6 Å². The van der Waals surface area contributed by atoms with Crippen molar-refractivity contribution in [2.45, 2.75) is 24.9 Å². The van der Waals surface area contributed by atoms with Crippen molar-refractivity contribution in [2.24, 2.45) is 0 Å². The number of hydrogen-bond donors (Lipinski definition) is 2. The van der Waals surface area contributed by atoms with Crippen LogP contribution in [0.5, 0.6) is 0 Å². The Morgan fingerprint density at radius 3 is 3.06 bits per heavy atom. The number of anilines is 1. The molecule has 6 nitrogen and oxygen atoms in total. The molecule has 3 N–H and O–H groups in total. The molecule has 1 saturated heterocycles. The van der Waals surface area contributed by atoms with Crippen LogP contribution in [-0.2, 0) is 4.74 Å². The van der Waals surface area contributed by atoms with E-state index < -0.39 is 30.8 Å². The van der Waals surface area contributed by atoms with Crippen LogP contribution in [0.15, 0.2) is 11.0 Å². The van der Waals surface area contributed by atoms with Crippen LogP contribution in [0.1, 0.15) is 12.6 Å². The lowest BCUT2D eigenvalue weighted by Gasteiger charge is -2.14. The zero-order chi connectivity index (χ0) is 12.6. The van der Waals surface area contributed by atoms with E-state index >= 15 is 0 Å². The number of rotatable bonds is 2.